The lowest BCUT2D eigenvalue weighted by molar-refractivity contribution is -0.385. The number of nitro groups is 1. The van der Waals surface area contributed by atoms with Crippen LogP contribution in [0, 0.1) is 15.9 Å². The Balaban J connectivity index is 2.44. The number of nitro benzene ring substituents is 1. The SMILES string of the molecule is COc1ccc([N+](=O)[O-])c(Oc2cc(F)cc(C=O)c2)c1. The fourth-order valence-corrected chi connectivity index (χ4v) is 1.69. The summed E-state index contributed by atoms with van der Waals surface area (Å²) in [4.78, 5) is 21.0. The Kier molecular flexibility index (Phi) is 4.13. The number of ether oxygens (including phenoxy) is 2. The Bertz CT molecular complexity index is 702. The second kappa shape index (κ2) is 6.00. The monoisotopic (exact) mass is 291 g/mol. The molecule has 0 aliphatic rings. The van der Waals surface area contributed by atoms with Crippen molar-refractivity contribution in [3.8, 4) is 17.2 Å². The summed E-state index contributed by atoms with van der Waals surface area (Å²) in [6, 6.07) is 7.26. The molecule has 0 radical (unpaired) electrons. The predicted molar refractivity (Wildman–Crippen MR) is 71.5 cm³/mol. The average molecular weight is 291 g/mol. The summed E-state index contributed by atoms with van der Waals surface area (Å²) in [7, 11) is 1.40. The van der Waals surface area contributed by atoms with Crippen LogP contribution in [0.3, 0.4) is 0 Å². The van der Waals surface area contributed by atoms with E-state index in [2.05, 4.69) is 0 Å². The first-order valence-electron chi connectivity index (χ1n) is 5.79. The molecule has 0 spiro atoms. The minimum Gasteiger partial charge on any atom is -0.497 e. The molecule has 0 saturated heterocycles. The van der Waals surface area contributed by atoms with Crippen LogP contribution in [0.5, 0.6) is 17.2 Å². The highest BCUT2D eigenvalue weighted by molar-refractivity contribution is 5.75. The van der Waals surface area contributed by atoms with E-state index >= 15 is 0 Å². The molecular weight excluding hydrogens is 281 g/mol. The van der Waals surface area contributed by atoms with Crippen LogP contribution >= 0.6 is 0 Å². The summed E-state index contributed by atoms with van der Waals surface area (Å²) in [6.45, 7) is 0. The number of carbonyl (C=O) groups excluding carboxylic acids is 1. The van der Waals surface area contributed by atoms with Gasteiger partial charge in [-0.2, -0.15) is 0 Å². The minimum absolute atomic E-state index is 0.0200. The maximum atomic E-state index is 13.3. The molecule has 2 aromatic carbocycles. The summed E-state index contributed by atoms with van der Waals surface area (Å²) in [5, 5.41) is 11.0. The first-order valence-corrected chi connectivity index (χ1v) is 5.79. The Hall–Kier alpha value is -2.96. The molecule has 0 unspecified atom stereocenters. The normalized spacial score (nSPS) is 10.0. The van der Waals surface area contributed by atoms with E-state index in [0.29, 0.717) is 12.0 Å². The zero-order valence-electron chi connectivity index (χ0n) is 10.9. The number of methoxy groups -OCH3 is 1. The molecule has 2 rings (SSSR count). The van der Waals surface area contributed by atoms with E-state index in [1.54, 1.807) is 0 Å². The summed E-state index contributed by atoms with van der Waals surface area (Å²) in [5.74, 6) is -0.460. The van der Waals surface area contributed by atoms with Crippen molar-refractivity contribution in [3.05, 3.63) is 57.9 Å². The number of hydrogen-bond acceptors (Lipinski definition) is 5. The van der Waals surface area contributed by atoms with Gasteiger partial charge in [0.1, 0.15) is 23.6 Å². The molecule has 0 saturated carbocycles. The highest BCUT2D eigenvalue weighted by atomic mass is 19.1. The molecule has 0 N–H and O–H groups in total. The van der Waals surface area contributed by atoms with E-state index < -0.39 is 10.7 Å². The van der Waals surface area contributed by atoms with Crippen molar-refractivity contribution in [2.75, 3.05) is 7.11 Å². The maximum absolute atomic E-state index is 13.3. The number of halogens is 1. The lowest BCUT2D eigenvalue weighted by Gasteiger charge is -2.08. The van der Waals surface area contributed by atoms with E-state index in [9.17, 15) is 19.3 Å². The zero-order chi connectivity index (χ0) is 15.4. The van der Waals surface area contributed by atoms with Gasteiger partial charge in [-0.25, -0.2) is 4.39 Å². The van der Waals surface area contributed by atoms with Gasteiger partial charge in [-0.3, -0.25) is 14.9 Å². The molecule has 0 aliphatic carbocycles. The van der Waals surface area contributed by atoms with Gasteiger partial charge >= 0.3 is 5.69 Å². The number of rotatable bonds is 5. The van der Waals surface area contributed by atoms with Crippen LogP contribution < -0.4 is 9.47 Å². The standard InChI is InChI=1S/C14H10FNO5/c1-20-11-2-3-13(16(18)19)14(7-11)21-12-5-9(8-17)4-10(15)6-12/h2-8H,1H3. The van der Waals surface area contributed by atoms with Crippen molar-refractivity contribution in [1.29, 1.82) is 0 Å². The Morgan fingerprint density at radius 1 is 1.19 bits per heavy atom. The van der Waals surface area contributed by atoms with Crippen LogP contribution in [-0.4, -0.2) is 18.3 Å². The topological polar surface area (TPSA) is 78.7 Å². The summed E-state index contributed by atoms with van der Waals surface area (Å²) < 4.78 is 23.6. The van der Waals surface area contributed by atoms with Crippen molar-refractivity contribution < 1.29 is 23.6 Å². The summed E-state index contributed by atoms with van der Waals surface area (Å²) in [5.41, 5.74) is -0.233. The van der Waals surface area contributed by atoms with E-state index in [1.807, 2.05) is 0 Å². The van der Waals surface area contributed by atoms with Crippen LogP contribution in [0.1, 0.15) is 10.4 Å². The van der Waals surface area contributed by atoms with Crippen molar-refractivity contribution in [2.24, 2.45) is 0 Å². The molecule has 0 bridgehead atoms. The molecule has 6 nitrogen and oxygen atoms in total. The van der Waals surface area contributed by atoms with E-state index in [1.165, 1.54) is 31.4 Å². The van der Waals surface area contributed by atoms with Crippen molar-refractivity contribution in [2.45, 2.75) is 0 Å². The minimum atomic E-state index is -0.680. The first kappa shape index (κ1) is 14.4. The number of nitrogens with zero attached hydrogens (tertiary/aromatic N) is 1. The fraction of sp³-hybridized carbons (Fsp3) is 0.0714. The molecular formula is C14H10FNO5. The second-order valence-electron chi connectivity index (χ2n) is 4.03. The van der Waals surface area contributed by atoms with Gasteiger partial charge in [0, 0.05) is 23.8 Å². The van der Waals surface area contributed by atoms with Gasteiger partial charge in [0.15, 0.2) is 0 Å². The predicted octanol–water partition coefficient (Wildman–Crippen LogP) is 3.35. The maximum Gasteiger partial charge on any atom is 0.311 e. The average Bonchev–Trinajstić information content (AvgIpc) is 2.46. The third-order valence-corrected chi connectivity index (χ3v) is 2.62. The molecule has 0 amide bonds. The molecule has 0 aliphatic heterocycles. The molecule has 0 aromatic heterocycles. The summed E-state index contributed by atoms with van der Waals surface area (Å²) in [6.07, 6.45) is 0.454. The lowest BCUT2D eigenvalue weighted by atomic mass is 10.2. The highest BCUT2D eigenvalue weighted by Gasteiger charge is 2.17. The number of aldehydes is 1. The van der Waals surface area contributed by atoms with Crippen LogP contribution in [0.4, 0.5) is 10.1 Å². The Labute approximate surface area is 118 Å². The van der Waals surface area contributed by atoms with Crippen LogP contribution in [0.2, 0.25) is 0 Å². The van der Waals surface area contributed by atoms with Gasteiger partial charge in [0.05, 0.1) is 12.0 Å². The molecule has 108 valence electrons. The van der Waals surface area contributed by atoms with E-state index in [-0.39, 0.29) is 22.7 Å². The molecule has 0 fully saturated rings. The number of benzene rings is 2. The van der Waals surface area contributed by atoms with Gasteiger partial charge in [-0.05, 0) is 18.2 Å². The zero-order valence-corrected chi connectivity index (χ0v) is 10.9. The van der Waals surface area contributed by atoms with Gasteiger partial charge < -0.3 is 9.47 Å². The Morgan fingerprint density at radius 2 is 1.95 bits per heavy atom. The van der Waals surface area contributed by atoms with Gasteiger partial charge in [-0.15, -0.1) is 0 Å². The highest BCUT2D eigenvalue weighted by Crippen LogP contribution is 2.35. The summed E-state index contributed by atoms with van der Waals surface area (Å²) >= 11 is 0. The number of hydrogen-bond donors (Lipinski definition) is 0. The molecule has 7 heteroatoms. The van der Waals surface area contributed by atoms with Crippen LogP contribution in [-0.2, 0) is 0 Å². The smallest absolute Gasteiger partial charge is 0.311 e. The number of carbonyl (C=O) groups is 1. The molecule has 21 heavy (non-hydrogen) atoms. The Morgan fingerprint density at radius 3 is 2.57 bits per heavy atom. The third kappa shape index (κ3) is 3.33. The van der Waals surface area contributed by atoms with Crippen molar-refractivity contribution in [3.63, 3.8) is 0 Å². The molecule has 2 aromatic rings. The van der Waals surface area contributed by atoms with Crippen molar-refractivity contribution in [1.82, 2.24) is 0 Å². The van der Waals surface area contributed by atoms with E-state index in [0.717, 1.165) is 12.1 Å². The molecule has 0 atom stereocenters. The second-order valence-corrected chi connectivity index (χ2v) is 4.03. The van der Waals surface area contributed by atoms with E-state index in [4.69, 9.17) is 9.47 Å². The third-order valence-electron chi connectivity index (χ3n) is 2.62. The van der Waals surface area contributed by atoms with Gasteiger partial charge in [-0.1, -0.05) is 0 Å². The van der Waals surface area contributed by atoms with Gasteiger partial charge in [0.25, 0.3) is 0 Å². The largest absolute Gasteiger partial charge is 0.497 e. The lowest BCUT2D eigenvalue weighted by Crippen LogP contribution is -1.95. The fourth-order valence-electron chi connectivity index (χ4n) is 1.69. The van der Waals surface area contributed by atoms with Crippen molar-refractivity contribution >= 4 is 12.0 Å². The van der Waals surface area contributed by atoms with Gasteiger partial charge in [0.2, 0.25) is 5.75 Å². The van der Waals surface area contributed by atoms with Crippen LogP contribution in [0.15, 0.2) is 36.4 Å². The van der Waals surface area contributed by atoms with Crippen LogP contribution in [0.25, 0.3) is 0 Å². The first-order chi connectivity index (χ1) is 10.0. The quantitative estimate of drug-likeness (QED) is 0.479. The molecule has 0 heterocycles.